The van der Waals surface area contributed by atoms with E-state index in [1.54, 1.807) is 14.2 Å². The third-order valence-electron chi connectivity index (χ3n) is 2.75. The highest BCUT2D eigenvalue weighted by Gasteiger charge is 2.37. The molecule has 0 unspecified atom stereocenters. The molecule has 0 aliphatic rings. The Kier molecular flexibility index (Phi) is 8.91. The molecule has 0 amide bonds. The monoisotopic (exact) mass is 276 g/mol. The third-order valence-corrected chi connectivity index (χ3v) is 5.69. The van der Waals surface area contributed by atoms with Crippen molar-refractivity contribution in [3.63, 3.8) is 0 Å². The molecule has 6 heteroatoms. The van der Waals surface area contributed by atoms with Gasteiger partial charge in [0.1, 0.15) is 0 Å². The number of rotatable bonds is 11. The lowest BCUT2D eigenvalue weighted by atomic mass is 10.1. The third kappa shape index (κ3) is 6.30. The van der Waals surface area contributed by atoms with E-state index >= 15 is 0 Å². The molecular weight excluding hydrogens is 252 g/mol. The molecule has 0 aliphatic heterocycles. The number of carboxylic acid groups (broad SMARTS) is 1. The summed E-state index contributed by atoms with van der Waals surface area (Å²) >= 11 is 0. The van der Waals surface area contributed by atoms with Crippen molar-refractivity contribution in [1.82, 2.24) is 0 Å². The van der Waals surface area contributed by atoms with E-state index in [2.05, 4.69) is 6.58 Å². The summed E-state index contributed by atoms with van der Waals surface area (Å²) in [5.41, 5.74) is 0.266. The molecule has 0 bridgehead atoms. The van der Waals surface area contributed by atoms with Gasteiger partial charge in [-0.05, 0) is 26.2 Å². The largest absolute Gasteiger partial charge is 0.500 e. The summed E-state index contributed by atoms with van der Waals surface area (Å²) in [5, 5.41) is 8.66. The number of aliphatic carboxylic acids is 1. The van der Waals surface area contributed by atoms with Gasteiger partial charge in [-0.25, -0.2) is 4.79 Å². The molecule has 0 aromatic heterocycles. The minimum Gasteiger partial charge on any atom is -0.478 e. The van der Waals surface area contributed by atoms with E-state index in [0.29, 0.717) is 13.0 Å². The molecule has 0 saturated heterocycles. The summed E-state index contributed by atoms with van der Waals surface area (Å²) < 4.78 is 16.3. The van der Waals surface area contributed by atoms with Crippen LogP contribution in [0.2, 0.25) is 6.04 Å². The van der Waals surface area contributed by atoms with E-state index in [1.165, 1.54) is 0 Å². The molecule has 0 saturated carbocycles. The second-order valence-electron chi connectivity index (χ2n) is 3.99. The molecule has 0 aliphatic carbocycles. The second-order valence-corrected chi connectivity index (χ2v) is 6.96. The molecule has 0 radical (unpaired) electrons. The fraction of sp³-hybridized carbons (Fsp3) is 0.750. The van der Waals surface area contributed by atoms with Crippen LogP contribution in [0.25, 0.3) is 0 Å². The maximum atomic E-state index is 10.5. The predicted molar refractivity (Wildman–Crippen MR) is 71.4 cm³/mol. The summed E-state index contributed by atoms with van der Waals surface area (Å²) in [7, 11) is 0.736. The molecular formula is C12H24O5Si. The number of unbranched alkanes of at least 4 members (excludes halogenated alkanes) is 2. The fourth-order valence-electron chi connectivity index (χ4n) is 1.66. The quantitative estimate of drug-likeness (QED) is 0.357. The van der Waals surface area contributed by atoms with Crippen molar-refractivity contribution < 1.29 is 23.2 Å². The van der Waals surface area contributed by atoms with E-state index in [1.807, 2.05) is 6.92 Å². The van der Waals surface area contributed by atoms with Crippen LogP contribution in [-0.2, 0) is 18.1 Å². The first-order valence-corrected chi connectivity index (χ1v) is 8.09. The molecule has 0 aromatic rings. The van der Waals surface area contributed by atoms with Gasteiger partial charge in [-0.3, -0.25) is 0 Å². The first kappa shape index (κ1) is 17.3. The average Bonchev–Trinajstić information content (AvgIpc) is 2.36. The molecule has 0 spiro atoms. The van der Waals surface area contributed by atoms with Gasteiger partial charge in [-0.1, -0.05) is 13.0 Å². The molecule has 0 atom stereocenters. The van der Waals surface area contributed by atoms with Crippen molar-refractivity contribution in [2.24, 2.45) is 0 Å². The summed E-state index contributed by atoms with van der Waals surface area (Å²) in [6, 6.07) is 0.757. The Hall–Kier alpha value is -0.693. The van der Waals surface area contributed by atoms with Gasteiger partial charge >= 0.3 is 14.8 Å². The zero-order valence-corrected chi connectivity index (χ0v) is 12.5. The lowest BCUT2D eigenvalue weighted by Crippen LogP contribution is -2.43. The number of hydrogen-bond donors (Lipinski definition) is 1. The van der Waals surface area contributed by atoms with Crippen LogP contribution in [0.4, 0.5) is 0 Å². The van der Waals surface area contributed by atoms with Gasteiger partial charge in [-0.2, -0.15) is 0 Å². The number of hydrogen-bond acceptors (Lipinski definition) is 4. The van der Waals surface area contributed by atoms with Gasteiger partial charge in [0.15, 0.2) is 0 Å². The number of carbonyl (C=O) groups is 1. The Bertz CT molecular complexity index is 263. The van der Waals surface area contributed by atoms with Crippen LogP contribution in [0.3, 0.4) is 0 Å². The Morgan fingerprint density at radius 2 is 1.83 bits per heavy atom. The lowest BCUT2D eigenvalue weighted by Gasteiger charge is -2.25. The van der Waals surface area contributed by atoms with Crippen molar-refractivity contribution >= 4 is 14.8 Å². The zero-order chi connectivity index (χ0) is 14.0. The minimum atomic E-state index is -2.48. The summed E-state index contributed by atoms with van der Waals surface area (Å²) in [5.74, 6) is -0.915. The SMILES string of the molecule is C=C(CCCCC[Si](OC)(OC)OCC)C(=O)O. The molecule has 0 fully saturated rings. The van der Waals surface area contributed by atoms with E-state index in [-0.39, 0.29) is 5.57 Å². The van der Waals surface area contributed by atoms with Crippen LogP contribution in [-0.4, -0.2) is 40.7 Å². The van der Waals surface area contributed by atoms with E-state index in [0.717, 1.165) is 25.3 Å². The van der Waals surface area contributed by atoms with Crippen LogP contribution in [0, 0.1) is 0 Å². The number of carboxylic acids is 1. The van der Waals surface area contributed by atoms with E-state index in [9.17, 15) is 4.79 Å². The highest BCUT2D eigenvalue weighted by Crippen LogP contribution is 2.19. The van der Waals surface area contributed by atoms with Gasteiger partial charge < -0.3 is 18.4 Å². The van der Waals surface area contributed by atoms with Gasteiger partial charge in [0, 0.05) is 32.4 Å². The van der Waals surface area contributed by atoms with E-state index < -0.39 is 14.8 Å². The van der Waals surface area contributed by atoms with Crippen molar-refractivity contribution in [2.45, 2.75) is 38.7 Å². The second kappa shape index (κ2) is 9.27. The van der Waals surface area contributed by atoms with Crippen LogP contribution in [0.15, 0.2) is 12.2 Å². The molecule has 18 heavy (non-hydrogen) atoms. The van der Waals surface area contributed by atoms with Crippen LogP contribution in [0.5, 0.6) is 0 Å². The zero-order valence-electron chi connectivity index (χ0n) is 11.5. The highest BCUT2D eigenvalue weighted by molar-refractivity contribution is 6.60. The maximum Gasteiger partial charge on any atom is 0.500 e. The normalized spacial score (nSPS) is 11.5. The van der Waals surface area contributed by atoms with Crippen LogP contribution in [0.1, 0.15) is 32.6 Å². The predicted octanol–water partition coefficient (Wildman–Crippen LogP) is 2.46. The first-order chi connectivity index (χ1) is 8.51. The van der Waals surface area contributed by atoms with E-state index in [4.69, 9.17) is 18.4 Å². The van der Waals surface area contributed by atoms with Gasteiger partial charge in [0.25, 0.3) is 0 Å². The Labute approximate surface area is 110 Å². The molecule has 106 valence electrons. The minimum absolute atomic E-state index is 0.266. The maximum absolute atomic E-state index is 10.5. The highest BCUT2D eigenvalue weighted by atomic mass is 28.4. The molecule has 0 rings (SSSR count). The first-order valence-electron chi connectivity index (χ1n) is 6.16. The molecule has 0 heterocycles. The average molecular weight is 276 g/mol. The van der Waals surface area contributed by atoms with Crippen molar-refractivity contribution in [2.75, 3.05) is 20.8 Å². The molecule has 1 N–H and O–H groups in total. The van der Waals surface area contributed by atoms with Gasteiger partial charge in [0.05, 0.1) is 0 Å². The topological polar surface area (TPSA) is 65.0 Å². The Balaban J connectivity index is 3.87. The summed E-state index contributed by atoms with van der Waals surface area (Å²) in [4.78, 5) is 10.5. The van der Waals surface area contributed by atoms with Crippen molar-refractivity contribution in [1.29, 1.82) is 0 Å². The standard InChI is InChI=1S/C12H24O5Si/c1-5-17-18(15-3,16-4)10-8-6-7-9-11(2)12(13)14/h2,5-10H2,1,3-4H3,(H,13,14). The van der Waals surface area contributed by atoms with Crippen LogP contribution < -0.4 is 0 Å². The molecule has 5 nitrogen and oxygen atoms in total. The van der Waals surface area contributed by atoms with Crippen molar-refractivity contribution in [3.05, 3.63) is 12.2 Å². The van der Waals surface area contributed by atoms with Gasteiger partial charge in [-0.15, -0.1) is 0 Å². The van der Waals surface area contributed by atoms with Crippen molar-refractivity contribution in [3.8, 4) is 0 Å². The smallest absolute Gasteiger partial charge is 0.478 e. The lowest BCUT2D eigenvalue weighted by molar-refractivity contribution is -0.132. The summed E-state index contributed by atoms with van der Waals surface area (Å²) in [6.45, 7) is 5.98. The Morgan fingerprint density at radius 1 is 1.22 bits per heavy atom. The molecule has 0 aromatic carbocycles. The Morgan fingerprint density at radius 3 is 2.28 bits per heavy atom. The fourth-order valence-corrected chi connectivity index (χ4v) is 3.74. The van der Waals surface area contributed by atoms with Crippen LogP contribution >= 0.6 is 0 Å². The summed E-state index contributed by atoms with van der Waals surface area (Å²) in [6.07, 6.45) is 3.16. The van der Waals surface area contributed by atoms with Gasteiger partial charge in [0.2, 0.25) is 0 Å².